The fraction of sp³-hybridized carbons (Fsp3) is 0.182. The highest BCUT2D eigenvalue weighted by atomic mass is 32.1. The normalized spacial score (nSPS) is 11.2. The van der Waals surface area contributed by atoms with Gasteiger partial charge in [-0.05, 0) is 42.2 Å². The van der Waals surface area contributed by atoms with Gasteiger partial charge in [0.15, 0.2) is 0 Å². The summed E-state index contributed by atoms with van der Waals surface area (Å²) in [5.41, 5.74) is 3.95. The predicted octanol–water partition coefficient (Wildman–Crippen LogP) is 5.18. The Morgan fingerprint density at radius 3 is 2.37 bits per heavy atom. The van der Waals surface area contributed by atoms with E-state index in [0.29, 0.717) is 11.9 Å². The number of benzene rings is 2. The molecule has 0 spiro atoms. The summed E-state index contributed by atoms with van der Waals surface area (Å²) in [7, 11) is 0. The standard InChI is InChI=1S/C22H19FN2OS/c1-3-15-4-6-16(7-5-15)12-25-13-24-21-20(22(25)26)19(14(2)27-21)17-8-10-18(23)11-9-17/h4-11,13H,3,12H2,1-2H3. The molecule has 0 fully saturated rings. The van der Waals surface area contributed by atoms with Gasteiger partial charge >= 0.3 is 0 Å². The van der Waals surface area contributed by atoms with E-state index in [-0.39, 0.29) is 11.4 Å². The second-order valence-corrected chi connectivity index (χ2v) is 7.77. The molecule has 0 amide bonds. The van der Waals surface area contributed by atoms with E-state index in [4.69, 9.17) is 0 Å². The van der Waals surface area contributed by atoms with Crippen molar-refractivity contribution in [1.82, 2.24) is 9.55 Å². The minimum Gasteiger partial charge on any atom is -0.294 e. The van der Waals surface area contributed by atoms with E-state index < -0.39 is 0 Å². The van der Waals surface area contributed by atoms with Gasteiger partial charge in [-0.25, -0.2) is 9.37 Å². The summed E-state index contributed by atoms with van der Waals surface area (Å²) in [6.07, 6.45) is 2.60. The average Bonchev–Trinajstić information content (AvgIpc) is 3.02. The second-order valence-electron chi connectivity index (χ2n) is 6.57. The molecule has 0 bridgehead atoms. The maximum absolute atomic E-state index is 13.3. The third-order valence-electron chi connectivity index (χ3n) is 4.77. The first-order valence-corrected chi connectivity index (χ1v) is 9.70. The third kappa shape index (κ3) is 3.30. The Balaban J connectivity index is 1.82. The third-order valence-corrected chi connectivity index (χ3v) is 5.79. The topological polar surface area (TPSA) is 34.9 Å². The lowest BCUT2D eigenvalue weighted by atomic mass is 10.0. The molecule has 2 aromatic heterocycles. The maximum atomic E-state index is 13.3. The van der Waals surface area contributed by atoms with Gasteiger partial charge in [-0.3, -0.25) is 9.36 Å². The van der Waals surface area contributed by atoms with Crippen LogP contribution in [0.4, 0.5) is 4.39 Å². The van der Waals surface area contributed by atoms with Gasteiger partial charge in [-0.1, -0.05) is 43.3 Å². The van der Waals surface area contributed by atoms with Crippen LogP contribution in [0.2, 0.25) is 0 Å². The van der Waals surface area contributed by atoms with Crippen molar-refractivity contribution in [3.63, 3.8) is 0 Å². The van der Waals surface area contributed by atoms with Crippen LogP contribution in [0.1, 0.15) is 22.9 Å². The van der Waals surface area contributed by atoms with Crippen LogP contribution in [-0.2, 0) is 13.0 Å². The summed E-state index contributed by atoms with van der Waals surface area (Å²) in [4.78, 5) is 19.4. The molecule has 0 saturated heterocycles. The van der Waals surface area contributed by atoms with Crippen LogP contribution in [0, 0.1) is 12.7 Å². The molecule has 0 N–H and O–H groups in total. The Bertz CT molecular complexity index is 1160. The van der Waals surface area contributed by atoms with Gasteiger partial charge in [0.05, 0.1) is 18.3 Å². The van der Waals surface area contributed by atoms with Gasteiger partial charge in [0.2, 0.25) is 0 Å². The summed E-state index contributed by atoms with van der Waals surface area (Å²) < 4.78 is 14.9. The van der Waals surface area contributed by atoms with Gasteiger partial charge in [0.25, 0.3) is 5.56 Å². The van der Waals surface area contributed by atoms with Gasteiger partial charge in [0.1, 0.15) is 10.6 Å². The van der Waals surface area contributed by atoms with Crippen LogP contribution in [0.25, 0.3) is 21.3 Å². The van der Waals surface area contributed by atoms with Crippen LogP contribution in [0.15, 0.2) is 59.7 Å². The smallest absolute Gasteiger partial charge is 0.263 e. The lowest BCUT2D eigenvalue weighted by Gasteiger charge is -2.07. The van der Waals surface area contributed by atoms with Crippen molar-refractivity contribution in [1.29, 1.82) is 0 Å². The van der Waals surface area contributed by atoms with Crippen LogP contribution in [0.3, 0.4) is 0 Å². The number of aryl methyl sites for hydroxylation is 2. The number of fused-ring (bicyclic) bond motifs is 1. The predicted molar refractivity (Wildman–Crippen MR) is 109 cm³/mol. The number of hydrogen-bond donors (Lipinski definition) is 0. The van der Waals surface area contributed by atoms with Gasteiger partial charge in [0, 0.05) is 10.4 Å². The molecule has 2 aromatic carbocycles. The fourth-order valence-electron chi connectivity index (χ4n) is 3.29. The summed E-state index contributed by atoms with van der Waals surface area (Å²) in [6.45, 7) is 4.56. The molecule has 136 valence electrons. The Kier molecular flexibility index (Phi) is 4.62. The summed E-state index contributed by atoms with van der Waals surface area (Å²) in [5.74, 6) is -0.290. The van der Waals surface area contributed by atoms with E-state index in [1.54, 1.807) is 23.0 Å². The number of nitrogens with zero attached hydrogens (tertiary/aromatic N) is 2. The molecule has 0 unspecified atom stereocenters. The lowest BCUT2D eigenvalue weighted by molar-refractivity contribution is 0.628. The van der Waals surface area contributed by atoms with Crippen LogP contribution in [0.5, 0.6) is 0 Å². The lowest BCUT2D eigenvalue weighted by Crippen LogP contribution is -2.21. The molecule has 3 nitrogen and oxygen atoms in total. The molecule has 0 aliphatic heterocycles. The van der Waals surface area contributed by atoms with Crippen molar-refractivity contribution >= 4 is 21.6 Å². The molecule has 0 aliphatic rings. The summed E-state index contributed by atoms with van der Waals surface area (Å²) in [5, 5.41) is 0.608. The molecule has 4 aromatic rings. The molecular formula is C22H19FN2OS. The first kappa shape index (κ1) is 17.6. The highest BCUT2D eigenvalue weighted by Gasteiger charge is 2.17. The van der Waals surface area contributed by atoms with Crippen molar-refractivity contribution < 1.29 is 4.39 Å². The minimum absolute atomic E-state index is 0.0664. The van der Waals surface area contributed by atoms with E-state index in [1.165, 1.54) is 29.0 Å². The summed E-state index contributed by atoms with van der Waals surface area (Å²) >= 11 is 1.49. The van der Waals surface area contributed by atoms with Crippen LogP contribution in [-0.4, -0.2) is 9.55 Å². The largest absolute Gasteiger partial charge is 0.294 e. The molecule has 2 heterocycles. The zero-order valence-electron chi connectivity index (χ0n) is 15.2. The SMILES string of the molecule is CCc1ccc(Cn2cnc3sc(C)c(-c4ccc(F)cc4)c3c2=O)cc1. The Morgan fingerprint density at radius 2 is 1.70 bits per heavy atom. The molecule has 0 atom stereocenters. The molecular weight excluding hydrogens is 359 g/mol. The monoisotopic (exact) mass is 378 g/mol. The van der Waals surface area contributed by atoms with Crippen LogP contribution >= 0.6 is 11.3 Å². The number of thiophene rings is 1. The van der Waals surface area contributed by atoms with Crippen LogP contribution < -0.4 is 5.56 Å². The van der Waals surface area contributed by atoms with Crippen molar-refractivity contribution in [2.45, 2.75) is 26.8 Å². The molecule has 4 rings (SSSR count). The van der Waals surface area contributed by atoms with E-state index in [9.17, 15) is 9.18 Å². The molecule has 0 saturated carbocycles. The highest BCUT2D eigenvalue weighted by Crippen LogP contribution is 2.35. The van der Waals surface area contributed by atoms with Crippen molar-refractivity contribution in [2.75, 3.05) is 0 Å². The Morgan fingerprint density at radius 1 is 1.04 bits per heavy atom. The first-order chi connectivity index (χ1) is 13.1. The van der Waals surface area contributed by atoms with Crippen molar-refractivity contribution in [3.8, 4) is 11.1 Å². The second kappa shape index (κ2) is 7.08. The van der Waals surface area contributed by atoms with Crippen molar-refractivity contribution in [3.05, 3.63) is 87.0 Å². The Labute approximate surface area is 160 Å². The molecule has 27 heavy (non-hydrogen) atoms. The maximum Gasteiger partial charge on any atom is 0.263 e. The Hall–Kier alpha value is -2.79. The van der Waals surface area contributed by atoms with Gasteiger partial charge < -0.3 is 0 Å². The summed E-state index contributed by atoms with van der Waals surface area (Å²) in [6, 6.07) is 14.5. The molecule has 5 heteroatoms. The first-order valence-electron chi connectivity index (χ1n) is 8.89. The minimum atomic E-state index is -0.290. The number of rotatable bonds is 4. The zero-order valence-corrected chi connectivity index (χ0v) is 16.0. The quantitative estimate of drug-likeness (QED) is 0.490. The number of aromatic nitrogens is 2. The molecule has 0 radical (unpaired) electrons. The number of hydrogen-bond acceptors (Lipinski definition) is 3. The van der Waals surface area contributed by atoms with E-state index >= 15 is 0 Å². The van der Waals surface area contributed by atoms with E-state index in [0.717, 1.165) is 32.8 Å². The van der Waals surface area contributed by atoms with Crippen molar-refractivity contribution in [2.24, 2.45) is 0 Å². The highest BCUT2D eigenvalue weighted by molar-refractivity contribution is 7.19. The van der Waals surface area contributed by atoms with E-state index in [2.05, 4.69) is 36.2 Å². The number of halogens is 1. The zero-order chi connectivity index (χ0) is 19.0. The fourth-order valence-corrected chi connectivity index (χ4v) is 4.29. The average molecular weight is 378 g/mol. The van der Waals surface area contributed by atoms with Gasteiger partial charge in [-0.2, -0.15) is 0 Å². The van der Waals surface area contributed by atoms with E-state index in [1.807, 2.05) is 6.92 Å². The van der Waals surface area contributed by atoms with Gasteiger partial charge in [-0.15, -0.1) is 11.3 Å². The molecule has 0 aliphatic carbocycles.